The van der Waals surface area contributed by atoms with Crippen LogP contribution in [0.3, 0.4) is 0 Å². The van der Waals surface area contributed by atoms with Crippen molar-refractivity contribution in [2.45, 2.75) is 33.3 Å². The summed E-state index contributed by atoms with van der Waals surface area (Å²) in [4.78, 5) is 34.9. The van der Waals surface area contributed by atoms with Gasteiger partial charge in [0.25, 0.3) is 5.91 Å². The van der Waals surface area contributed by atoms with Gasteiger partial charge in [-0.25, -0.2) is 9.59 Å². The molecule has 0 aliphatic rings. The van der Waals surface area contributed by atoms with E-state index in [2.05, 4.69) is 26.6 Å². The summed E-state index contributed by atoms with van der Waals surface area (Å²) in [6, 6.07) is 6.34. The van der Waals surface area contributed by atoms with Gasteiger partial charge in [0.1, 0.15) is 5.75 Å². The third kappa shape index (κ3) is 9.09. The summed E-state index contributed by atoms with van der Waals surface area (Å²) in [6.07, 6.45) is -0.0736. The number of imide groups is 1. The molecule has 8 heteroatoms. The van der Waals surface area contributed by atoms with E-state index >= 15 is 0 Å². The van der Waals surface area contributed by atoms with Crippen LogP contribution in [0.4, 0.5) is 4.79 Å². The molecule has 1 atom stereocenters. The molecule has 0 aliphatic heterocycles. The van der Waals surface area contributed by atoms with Crippen LogP contribution in [-0.2, 0) is 14.3 Å². The number of amides is 3. The third-order valence-electron chi connectivity index (χ3n) is 3.06. The van der Waals surface area contributed by atoms with Crippen molar-refractivity contribution in [1.29, 1.82) is 0 Å². The third-order valence-corrected chi connectivity index (χ3v) is 3.59. The van der Waals surface area contributed by atoms with Crippen LogP contribution >= 0.6 is 15.9 Å². The molecule has 0 unspecified atom stereocenters. The van der Waals surface area contributed by atoms with Crippen LogP contribution < -0.4 is 15.4 Å². The first-order valence-corrected chi connectivity index (χ1v) is 8.73. The fourth-order valence-electron chi connectivity index (χ4n) is 1.70. The summed E-state index contributed by atoms with van der Waals surface area (Å²) in [6.45, 7) is 5.49. The van der Waals surface area contributed by atoms with Gasteiger partial charge in [0.15, 0.2) is 12.7 Å². The molecular formula is C17H23BrN2O5. The number of carbonyl (C=O) groups excluding carboxylic acids is 3. The summed E-state index contributed by atoms with van der Waals surface area (Å²) in [5.41, 5.74) is 0. The zero-order valence-corrected chi connectivity index (χ0v) is 16.1. The Hall–Kier alpha value is -2.09. The first kappa shape index (κ1) is 21.0. The van der Waals surface area contributed by atoms with Crippen molar-refractivity contribution in [3.05, 3.63) is 28.7 Å². The highest BCUT2D eigenvalue weighted by Gasteiger charge is 2.18. The lowest BCUT2D eigenvalue weighted by molar-refractivity contribution is -0.154. The van der Waals surface area contributed by atoms with Gasteiger partial charge >= 0.3 is 12.0 Å². The molecule has 1 aromatic rings. The highest BCUT2D eigenvalue weighted by molar-refractivity contribution is 9.10. The zero-order valence-electron chi connectivity index (χ0n) is 14.5. The number of hydrogen-bond donors (Lipinski definition) is 2. The molecule has 1 aromatic carbocycles. The summed E-state index contributed by atoms with van der Waals surface area (Å²) in [7, 11) is 0. The van der Waals surface area contributed by atoms with E-state index in [0.29, 0.717) is 18.2 Å². The molecule has 7 nitrogen and oxygen atoms in total. The Bertz CT molecular complexity index is 589. The maximum atomic E-state index is 11.8. The molecule has 1 rings (SSSR count). The first-order chi connectivity index (χ1) is 11.8. The molecule has 0 spiro atoms. The normalized spacial score (nSPS) is 11.6. The Kier molecular flexibility index (Phi) is 8.98. The average Bonchev–Trinajstić information content (AvgIpc) is 2.54. The molecular weight excluding hydrogens is 392 g/mol. The van der Waals surface area contributed by atoms with Crippen molar-refractivity contribution in [3.63, 3.8) is 0 Å². The van der Waals surface area contributed by atoms with Gasteiger partial charge in [-0.15, -0.1) is 0 Å². The summed E-state index contributed by atoms with van der Waals surface area (Å²) in [5, 5.41) is 4.64. The number of ether oxygens (including phenoxy) is 2. The molecule has 0 fully saturated rings. The predicted octanol–water partition coefficient (Wildman–Crippen LogP) is 2.63. The molecule has 0 saturated carbocycles. The molecule has 2 N–H and O–H groups in total. The lowest BCUT2D eigenvalue weighted by Gasteiger charge is -2.14. The molecule has 0 saturated heterocycles. The minimum absolute atomic E-state index is 0.448. The second-order valence-corrected chi connectivity index (χ2v) is 6.72. The van der Waals surface area contributed by atoms with Gasteiger partial charge < -0.3 is 14.8 Å². The van der Waals surface area contributed by atoms with Crippen LogP contribution in [0, 0.1) is 5.92 Å². The number of nitrogens with one attached hydrogen (secondary N) is 2. The van der Waals surface area contributed by atoms with E-state index in [0.717, 1.165) is 10.9 Å². The van der Waals surface area contributed by atoms with Crippen molar-refractivity contribution in [3.8, 4) is 5.75 Å². The number of halogens is 1. The van der Waals surface area contributed by atoms with Gasteiger partial charge in [0.2, 0.25) is 0 Å². The van der Waals surface area contributed by atoms with E-state index in [-0.39, 0.29) is 0 Å². The quantitative estimate of drug-likeness (QED) is 0.637. The highest BCUT2D eigenvalue weighted by Crippen LogP contribution is 2.17. The van der Waals surface area contributed by atoms with Gasteiger partial charge in [0.05, 0.1) is 0 Å². The molecule has 0 aromatic heterocycles. The van der Waals surface area contributed by atoms with E-state index < -0.39 is 30.6 Å². The standard InChI is InChI=1S/C17H23BrN2O5/c1-11(2)8-9-19-17(23)20-15(21)10-24-16(22)12(3)25-14-6-4-13(18)5-7-14/h4-7,11-12H,8-10H2,1-3H3,(H2,19,20,21,23)/t12-/m1/s1. The number of esters is 1. The lowest BCUT2D eigenvalue weighted by atomic mass is 10.1. The molecule has 138 valence electrons. The van der Waals surface area contributed by atoms with Crippen LogP contribution in [0.1, 0.15) is 27.2 Å². The molecule has 0 radical (unpaired) electrons. The topological polar surface area (TPSA) is 93.7 Å². The zero-order chi connectivity index (χ0) is 18.8. The average molecular weight is 415 g/mol. The maximum Gasteiger partial charge on any atom is 0.347 e. The van der Waals surface area contributed by atoms with Crippen LogP contribution in [-0.4, -0.2) is 37.2 Å². The Morgan fingerprint density at radius 1 is 1.12 bits per heavy atom. The Balaban J connectivity index is 2.28. The van der Waals surface area contributed by atoms with Crippen LogP contribution in [0.15, 0.2) is 28.7 Å². The fraction of sp³-hybridized carbons (Fsp3) is 0.471. The van der Waals surface area contributed by atoms with E-state index in [1.807, 2.05) is 13.8 Å². The van der Waals surface area contributed by atoms with E-state index in [9.17, 15) is 14.4 Å². The minimum Gasteiger partial charge on any atom is -0.479 e. The number of hydrogen-bond acceptors (Lipinski definition) is 5. The maximum absolute atomic E-state index is 11.8. The van der Waals surface area contributed by atoms with Gasteiger partial charge in [-0.1, -0.05) is 29.8 Å². The van der Waals surface area contributed by atoms with Crippen molar-refractivity contribution in [1.82, 2.24) is 10.6 Å². The van der Waals surface area contributed by atoms with Gasteiger partial charge in [-0.2, -0.15) is 0 Å². The van der Waals surface area contributed by atoms with Gasteiger partial charge in [-0.05, 0) is 43.5 Å². The monoisotopic (exact) mass is 414 g/mol. The SMILES string of the molecule is CC(C)CCNC(=O)NC(=O)COC(=O)[C@@H](C)Oc1ccc(Br)cc1. The minimum atomic E-state index is -0.881. The van der Waals surface area contributed by atoms with Crippen LogP contribution in [0.2, 0.25) is 0 Å². The van der Waals surface area contributed by atoms with Crippen LogP contribution in [0.5, 0.6) is 5.75 Å². The lowest BCUT2D eigenvalue weighted by Crippen LogP contribution is -2.42. The molecule has 0 heterocycles. The number of rotatable bonds is 8. The highest BCUT2D eigenvalue weighted by atomic mass is 79.9. The van der Waals surface area contributed by atoms with Crippen molar-refractivity contribution in [2.75, 3.05) is 13.2 Å². The van der Waals surface area contributed by atoms with Crippen molar-refractivity contribution >= 4 is 33.8 Å². The number of carbonyl (C=O) groups is 3. The largest absolute Gasteiger partial charge is 0.479 e. The summed E-state index contributed by atoms with van der Waals surface area (Å²) >= 11 is 3.30. The Morgan fingerprint density at radius 3 is 2.36 bits per heavy atom. The molecule has 25 heavy (non-hydrogen) atoms. The summed E-state index contributed by atoms with van der Waals surface area (Å²) < 4.78 is 11.1. The smallest absolute Gasteiger partial charge is 0.347 e. The van der Waals surface area contributed by atoms with E-state index in [1.54, 1.807) is 24.3 Å². The van der Waals surface area contributed by atoms with Crippen molar-refractivity contribution < 1.29 is 23.9 Å². The number of benzene rings is 1. The second kappa shape index (κ2) is 10.7. The number of urea groups is 1. The Morgan fingerprint density at radius 2 is 1.76 bits per heavy atom. The molecule has 0 aliphatic carbocycles. The second-order valence-electron chi connectivity index (χ2n) is 5.81. The summed E-state index contributed by atoms with van der Waals surface area (Å²) in [5.74, 6) is -0.449. The molecule has 0 bridgehead atoms. The van der Waals surface area contributed by atoms with Gasteiger partial charge in [-0.3, -0.25) is 10.1 Å². The predicted molar refractivity (Wildman–Crippen MR) is 96.2 cm³/mol. The van der Waals surface area contributed by atoms with E-state index in [4.69, 9.17) is 9.47 Å². The molecule has 3 amide bonds. The van der Waals surface area contributed by atoms with Gasteiger partial charge in [0, 0.05) is 11.0 Å². The van der Waals surface area contributed by atoms with E-state index in [1.165, 1.54) is 6.92 Å². The Labute approximate surface area is 155 Å². The van der Waals surface area contributed by atoms with Crippen LogP contribution in [0.25, 0.3) is 0 Å². The fourth-order valence-corrected chi connectivity index (χ4v) is 1.97. The first-order valence-electron chi connectivity index (χ1n) is 7.94. The van der Waals surface area contributed by atoms with Crippen molar-refractivity contribution in [2.24, 2.45) is 5.92 Å².